The Morgan fingerprint density at radius 2 is 1.97 bits per heavy atom. The van der Waals surface area contributed by atoms with Crippen molar-refractivity contribution < 1.29 is 23.1 Å². The second-order valence-corrected chi connectivity index (χ2v) is 7.70. The van der Waals surface area contributed by atoms with Gasteiger partial charge in [0.1, 0.15) is 23.9 Å². The summed E-state index contributed by atoms with van der Waals surface area (Å²) in [5, 5.41) is 21.6. The first-order valence-corrected chi connectivity index (χ1v) is 9.87. The van der Waals surface area contributed by atoms with Crippen LogP contribution in [0.5, 0.6) is 0 Å². The topological polar surface area (TPSA) is 102 Å². The smallest absolute Gasteiger partial charge is 0.357 e. The number of alkyl halides is 1. The highest BCUT2D eigenvalue weighted by Gasteiger charge is 2.32. The van der Waals surface area contributed by atoms with Crippen LogP contribution in [0.25, 0.3) is 0 Å². The molecule has 10 heteroatoms. The standard InChI is InChI=1S/C21H22F3N5O2/c1-11(2)26-19-20(27-16(10-25)18(28-19)21(30)31)29-7-5-12(6-8-29)17(24)14-4-3-13(22)9-15(14)23/h3-4,9,11-12,17H,5-8H2,1-2H3,(H,26,28)(H,30,31)/t17-/m1/s1. The number of carbonyl (C=O) groups is 1. The molecule has 0 amide bonds. The highest BCUT2D eigenvalue weighted by molar-refractivity contribution is 5.89. The van der Waals surface area contributed by atoms with Gasteiger partial charge in [-0.2, -0.15) is 5.26 Å². The van der Waals surface area contributed by atoms with E-state index in [4.69, 9.17) is 0 Å². The van der Waals surface area contributed by atoms with Crippen molar-refractivity contribution in [2.75, 3.05) is 23.3 Å². The van der Waals surface area contributed by atoms with Crippen molar-refractivity contribution in [1.29, 1.82) is 5.26 Å². The van der Waals surface area contributed by atoms with Crippen LogP contribution in [0.3, 0.4) is 0 Å². The minimum atomic E-state index is -1.58. The van der Waals surface area contributed by atoms with Crippen molar-refractivity contribution in [3.05, 3.63) is 46.8 Å². The summed E-state index contributed by atoms with van der Waals surface area (Å²) in [7, 11) is 0. The molecular formula is C21H22F3N5O2. The Morgan fingerprint density at radius 1 is 1.29 bits per heavy atom. The number of nitrogens with zero attached hydrogens (tertiary/aromatic N) is 4. The molecule has 1 fully saturated rings. The molecule has 7 nitrogen and oxygen atoms in total. The summed E-state index contributed by atoms with van der Waals surface area (Å²) in [6, 6.07) is 4.51. The van der Waals surface area contributed by atoms with Gasteiger partial charge >= 0.3 is 5.97 Å². The fourth-order valence-corrected chi connectivity index (χ4v) is 3.63. The number of halogens is 3. The molecule has 0 spiro atoms. The van der Waals surface area contributed by atoms with E-state index in [2.05, 4.69) is 15.3 Å². The van der Waals surface area contributed by atoms with E-state index in [1.165, 1.54) is 0 Å². The van der Waals surface area contributed by atoms with E-state index in [9.17, 15) is 28.3 Å². The molecule has 0 unspecified atom stereocenters. The predicted octanol–water partition coefficient (Wildman–Crippen LogP) is 4.07. The summed E-state index contributed by atoms with van der Waals surface area (Å²) < 4.78 is 42.0. The van der Waals surface area contributed by atoms with Gasteiger partial charge in [0.2, 0.25) is 0 Å². The Bertz CT molecular complexity index is 1020. The molecular weight excluding hydrogens is 411 g/mol. The van der Waals surface area contributed by atoms with Crippen molar-refractivity contribution in [2.45, 2.75) is 38.9 Å². The van der Waals surface area contributed by atoms with Gasteiger partial charge < -0.3 is 15.3 Å². The molecule has 164 valence electrons. The van der Waals surface area contributed by atoms with Crippen molar-refractivity contribution in [2.24, 2.45) is 5.92 Å². The van der Waals surface area contributed by atoms with Gasteiger partial charge in [0.05, 0.1) is 0 Å². The van der Waals surface area contributed by atoms with E-state index in [1.807, 2.05) is 13.8 Å². The molecule has 1 saturated heterocycles. The number of aromatic nitrogens is 2. The van der Waals surface area contributed by atoms with Gasteiger partial charge in [-0.3, -0.25) is 0 Å². The van der Waals surface area contributed by atoms with Crippen LogP contribution in [0.1, 0.15) is 54.6 Å². The Balaban J connectivity index is 1.82. The number of carboxylic acid groups (broad SMARTS) is 1. The lowest BCUT2D eigenvalue weighted by Crippen LogP contribution is -2.37. The average molecular weight is 433 g/mol. The average Bonchev–Trinajstić information content (AvgIpc) is 2.72. The fraction of sp³-hybridized carbons (Fsp3) is 0.429. The monoisotopic (exact) mass is 433 g/mol. The fourth-order valence-electron chi connectivity index (χ4n) is 3.63. The number of piperidine rings is 1. The third-order valence-electron chi connectivity index (χ3n) is 5.12. The SMILES string of the molecule is CC(C)Nc1nc(C(=O)O)c(C#N)nc1N1CCC([C@@H](F)c2ccc(F)cc2F)CC1. The number of benzene rings is 1. The van der Waals surface area contributed by atoms with E-state index in [1.54, 1.807) is 11.0 Å². The maximum atomic E-state index is 14.9. The number of aromatic carboxylic acids is 1. The van der Waals surface area contributed by atoms with Crippen LogP contribution in [0.4, 0.5) is 24.8 Å². The molecule has 0 aliphatic carbocycles. The lowest BCUT2D eigenvalue weighted by atomic mass is 9.88. The summed E-state index contributed by atoms with van der Waals surface area (Å²) in [6.07, 6.45) is -0.849. The summed E-state index contributed by atoms with van der Waals surface area (Å²) in [4.78, 5) is 21.5. The molecule has 31 heavy (non-hydrogen) atoms. The zero-order chi connectivity index (χ0) is 22.7. The van der Waals surface area contributed by atoms with Crippen molar-refractivity contribution in [1.82, 2.24) is 9.97 Å². The first-order valence-electron chi connectivity index (χ1n) is 9.87. The highest BCUT2D eigenvalue weighted by atomic mass is 19.1. The van der Waals surface area contributed by atoms with Crippen molar-refractivity contribution in [3.63, 3.8) is 0 Å². The van der Waals surface area contributed by atoms with Gasteiger partial charge in [0.15, 0.2) is 23.0 Å². The molecule has 1 atom stereocenters. The van der Waals surface area contributed by atoms with Crippen LogP contribution in [-0.4, -0.2) is 40.2 Å². The first-order chi connectivity index (χ1) is 14.7. The predicted molar refractivity (Wildman–Crippen MR) is 108 cm³/mol. The quantitative estimate of drug-likeness (QED) is 0.708. The van der Waals surface area contributed by atoms with Crippen LogP contribution in [0.15, 0.2) is 18.2 Å². The maximum absolute atomic E-state index is 14.9. The summed E-state index contributed by atoms with van der Waals surface area (Å²) in [5.74, 6) is -2.96. The van der Waals surface area contributed by atoms with Crippen molar-refractivity contribution in [3.8, 4) is 6.07 Å². The molecule has 3 rings (SSSR count). The van der Waals surface area contributed by atoms with Gasteiger partial charge in [-0.25, -0.2) is 27.9 Å². The van der Waals surface area contributed by atoms with Crippen LogP contribution >= 0.6 is 0 Å². The summed E-state index contributed by atoms with van der Waals surface area (Å²) in [5.41, 5.74) is -0.921. The number of hydrogen-bond donors (Lipinski definition) is 2. The van der Waals surface area contributed by atoms with Gasteiger partial charge in [-0.1, -0.05) is 6.07 Å². The number of nitriles is 1. The van der Waals surface area contributed by atoms with E-state index in [0.717, 1.165) is 12.1 Å². The number of rotatable bonds is 6. The molecule has 1 aromatic heterocycles. The minimum Gasteiger partial charge on any atom is -0.476 e. The Labute approximate surface area is 177 Å². The highest BCUT2D eigenvalue weighted by Crippen LogP contribution is 2.37. The largest absolute Gasteiger partial charge is 0.476 e. The van der Waals surface area contributed by atoms with E-state index in [0.29, 0.717) is 37.8 Å². The van der Waals surface area contributed by atoms with Crippen LogP contribution in [-0.2, 0) is 0 Å². The van der Waals surface area contributed by atoms with Gasteiger partial charge in [-0.15, -0.1) is 0 Å². The third-order valence-corrected chi connectivity index (χ3v) is 5.12. The second-order valence-electron chi connectivity index (χ2n) is 7.70. The summed E-state index contributed by atoms with van der Waals surface area (Å²) >= 11 is 0. The summed E-state index contributed by atoms with van der Waals surface area (Å²) in [6.45, 7) is 4.40. The zero-order valence-electron chi connectivity index (χ0n) is 17.1. The molecule has 2 N–H and O–H groups in total. The van der Waals surface area contributed by atoms with E-state index < -0.39 is 35.4 Å². The Kier molecular flexibility index (Phi) is 6.63. The molecule has 2 heterocycles. The molecule has 1 aliphatic heterocycles. The van der Waals surface area contributed by atoms with Crippen molar-refractivity contribution >= 4 is 17.6 Å². The van der Waals surface area contributed by atoms with Crippen LogP contribution < -0.4 is 10.2 Å². The molecule has 1 aromatic carbocycles. The molecule has 0 bridgehead atoms. The maximum Gasteiger partial charge on any atom is 0.357 e. The number of nitrogens with one attached hydrogen (secondary N) is 1. The third kappa shape index (κ3) is 4.87. The van der Waals surface area contributed by atoms with E-state index in [-0.39, 0.29) is 23.1 Å². The number of carboxylic acids is 1. The lowest BCUT2D eigenvalue weighted by Gasteiger charge is -2.35. The molecule has 0 saturated carbocycles. The number of anilines is 2. The molecule has 0 radical (unpaired) electrons. The molecule has 1 aliphatic rings. The van der Waals surface area contributed by atoms with Crippen LogP contribution in [0.2, 0.25) is 0 Å². The Morgan fingerprint density at radius 3 is 2.52 bits per heavy atom. The number of hydrogen-bond acceptors (Lipinski definition) is 6. The van der Waals surface area contributed by atoms with Gasteiger partial charge in [-0.05, 0) is 38.7 Å². The molecule has 2 aromatic rings. The zero-order valence-corrected chi connectivity index (χ0v) is 17.1. The van der Waals surface area contributed by atoms with Gasteiger partial charge in [0, 0.05) is 30.8 Å². The minimum absolute atomic E-state index is 0.0724. The Hall–Kier alpha value is -3.35. The normalized spacial score (nSPS) is 15.6. The first kappa shape index (κ1) is 22.3. The second kappa shape index (κ2) is 9.20. The lowest BCUT2D eigenvalue weighted by molar-refractivity contribution is 0.0689. The van der Waals surface area contributed by atoms with Gasteiger partial charge in [0.25, 0.3) is 0 Å². The van der Waals surface area contributed by atoms with Crippen LogP contribution in [0, 0.1) is 28.9 Å². The van der Waals surface area contributed by atoms with E-state index >= 15 is 0 Å².